The van der Waals surface area contributed by atoms with Crippen molar-refractivity contribution in [2.24, 2.45) is 0 Å². The zero-order valence-electron chi connectivity index (χ0n) is 10.4. The van der Waals surface area contributed by atoms with Gasteiger partial charge in [-0.2, -0.15) is 0 Å². The van der Waals surface area contributed by atoms with E-state index in [0.717, 1.165) is 34.5 Å². The molecule has 0 spiro atoms. The predicted octanol–water partition coefficient (Wildman–Crippen LogP) is 3.21. The number of hydrogen-bond donors (Lipinski definition) is 1. The first-order valence-electron chi connectivity index (χ1n) is 5.79. The Morgan fingerprint density at radius 1 is 1.38 bits per heavy atom. The second kappa shape index (κ2) is 3.81. The zero-order valence-corrected chi connectivity index (χ0v) is 10.4. The lowest BCUT2D eigenvalue weighted by atomic mass is 10.1. The van der Waals surface area contributed by atoms with Crippen molar-refractivity contribution >= 4 is 16.7 Å². The Balaban J connectivity index is 2.73. The SMILES string of the molecule is CCC(C)n1c(C)nc2cc(C)c(N)cc21. The van der Waals surface area contributed by atoms with Crippen LogP contribution in [0, 0.1) is 13.8 Å². The van der Waals surface area contributed by atoms with E-state index >= 15 is 0 Å². The number of nitrogens with zero attached hydrogens (tertiary/aromatic N) is 2. The summed E-state index contributed by atoms with van der Waals surface area (Å²) in [5.74, 6) is 1.06. The third kappa shape index (κ3) is 1.56. The molecule has 2 N–H and O–H groups in total. The van der Waals surface area contributed by atoms with E-state index in [1.807, 2.05) is 13.0 Å². The van der Waals surface area contributed by atoms with Gasteiger partial charge in [0.1, 0.15) is 5.82 Å². The Bertz CT molecular complexity index is 525. The molecule has 2 rings (SSSR count). The van der Waals surface area contributed by atoms with Gasteiger partial charge in [-0.15, -0.1) is 0 Å². The lowest BCUT2D eigenvalue weighted by molar-refractivity contribution is 0.532. The van der Waals surface area contributed by atoms with E-state index in [1.165, 1.54) is 0 Å². The Morgan fingerprint density at radius 2 is 2.06 bits per heavy atom. The molecule has 16 heavy (non-hydrogen) atoms. The topological polar surface area (TPSA) is 43.8 Å². The molecule has 0 fully saturated rings. The van der Waals surface area contributed by atoms with Crippen molar-refractivity contribution in [2.75, 3.05) is 5.73 Å². The van der Waals surface area contributed by atoms with Gasteiger partial charge in [0.05, 0.1) is 11.0 Å². The highest BCUT2D eigenvalue weighted by molar-refractivity contribution is 5.81. The van der Waals surface area contributed by atoms with Crippen LogP contribution in [0.15, 0.2) is 12.1 Å². The van der Waals surface area contributed by atoms with Gasteiger partial charge in [-0.25, -0.2) is 4.98 Å². The Kier molecular flexibility index (Phi) is 2.62. The summed E-state index contributed by atoms with van der Waals surface area (Å²) in [5.41, 5.74) is 10.1. The molecule has 1 aromatic heterocycles. The van der Waals surface area contributed by atoms with E-state index < -0.39 is 0 Å². The van der Waals surface area contributed by atoms with Crippen molar-refractivity contribution in [3.63, 3.8) is 0 Å². The van der Waals surface area contributed by atoms with Crippen LogP contribution in [0.25, 0.3) is 11.0 Å². The van der Waals surface area contributed by atoms with Gasteiger partial charge >= 0.3 is 0 Å². The molecule has 1 heterocycles. The van der Waals surface area contributed by atoms with Gasteiger partial charge in [0.25, 0.3) is 0 Å². The minimum atomic E-state index is 0.465. The van der Waals surface area contributed by atoms with Gasteiger partial charge < -0.3 is 10.3 Å². The van der Waals surface area contributed by atoms with Gasteiger partial charge in [0.15, 0.2) is 0 Å². The highest BCUT2D eigenvalue weighted by Gasteiger charge is 2.12. The highest BCUT2D eigenvalue weighted by atomic mass is 15.1. The summed E-state index contributed by atoms with van der Waals surface area (Å²) in [5, 5.41) is 0. The van der Waals surface area contributed by atoms with Crippen LogP contribution in [0.5, 0.6) is 0 Å². The Morgan fingerprint density at radius 3 is 2.69 bits per heavy atom. The van der Waals surface area contributed by atoms with E-state index in [0.29, 0.717) is 6.04 Å². The summed E-state index contributed by atoms with van der Waals surface area (Å²) in [6.07, 6.45) is 1.10. The Hall–Kier alpha value is -1.51. The zero-order chi connectivity index (χ0) is 11.9. The molecule has 0 aliphatic rings. The molecule has 0 bridgehead atoms. The van der Waals surface area contributed by atoms with Gasteiger partial charge in [0, 0.05) is 11.7 Å². The van der Waals surface area contributed by atoms with Crippen molar-refractivity contribution in [1.82, 2.24) is 9.55 Å². The van der Waals surface area contributed by atoms with Crippen LogP contribution < -0.4 is 5.73 Å². The molecule has 0 aliphatic carbocycles. The highest BCUT2D eigenvalue weighted by Crippen LogP contribution is 2.26. The predicted molar refractivity (Wildman–Crippen MR) is 68.6 cm³/mol. The minimum Gasteiger partial charge on any atom is -0.398 e. The number of benzene rings is 1. The number of hydrogen-bond acceptors (Lipinski definition) is 2. The third-order valence-electron chi connectivity index (χ3n) is 3.29. The fourth-order valence-corrected chi connectivity index (χ4v) is 2.12. The number of aromatic nitrogens is 2. The third-order valence-corrected chi connectivity index (χ3v) is 3.29. The standard InChI is InChI=1S/C13H19N3/c1-5-9(3)16-10(4)15-12-6-8(2)11(14)7-13(12)16/h6-7,9H,5,14H2,1-4H3. The number of imidazole rings is 1. The van der Waals surface area contributed by atoms with Crippen LogP contribution in [0.1, 0.15) is 37.7 Å². The van der Waals surface area contributed by atoms with Gasteiger partial charge in [-0.3, -0.25) is 0 Å². The van der Waals surface area contributed by atoms with Crippen LogP contribution in [-0.2, 0) is 0 Å². The maximum atomic E-state index is 5.96. The maximum absolute atomic E-state index is 5.96. The number of anilines is 1. The molecule has 3 heteroatoms. The van der Waals surface area contributed by atoms with Crippen LogP contribution >= 0.6 is 0 Å². The van der Waals surface area contributed by atoms with Crippen LogP contribution in [-0.4, -0.2) is 9.55 Å². The first kappa shape index (κ1) is 11.0. The van der Waals surface area contributed by atoms with E-state index in [2.05, 4.69) is 36.4 Å². The second-order valence-corrected chi connectivity index (χ2v) is 4.48. The van der Waals surface area contributed by atoms with E-state index in [-0.39, 0.29) is 0 Å². The number of rotatable bonds is 2. The summed E-state index contributed by atoms with van der Waals surface area (Å²) in [6.45, 7) is 8.47. The van der Waals surface area contributed by atoms with Gasteiger partial charge in [-0.05, 0) is 44.9 Å². The molecule has 0 amide bonds. The van der Waals surface area contributed by atoms with Crippen LogP contribution in [0.2, 0.25) is 0 Å². The fourth-order valence-electron chi connectivity index (χ4n) is 2.12. The van der Waals surface area contributed by atoms with Crippen molar-refractivity contribution in [3.8, 4) is 0 Å². The summed E-state index contributed by atoms with van der Waals surface area (Å²) >= 11 is 0. The average molecular weight is 217 g/mol. The number of nitrogen functional groups attached to an aromatic ring is 1. The fraction of sp³-hybridized carbons (Fsp3) is 0.462. The molecule has 1 unspecified atom stereocenters. The summed E-state index contributed by atoms with van der Waals surface area (Å²) in [4.78, 5) is 4.59. The first-order valence-corrected chi connectivity index (χ1v) is 5.79. The normalized spacial score (nSPS) is 13.2. The number of nitrogens with two attached hydrogens (primary N) is 1. The second-order valence-electron chi connectivity index (χ2n) is 4.48. The maximum Gasteiger partial charge on any atom is 0.106 e. The van der Waals surface area contributed by atoms with E-state index in [9.17, 15) is 0 Å². The molecule has 0 saturated heterocycles. The Labute approximate surface area is 96.3 Å². The summed E-state index contributed by atoms with van der Waals surface area (Å²) < 4.78 is 2.27. The largest absolute Gasteiger partial charge is 0.398 e. The molecule has 1 atom stereocenters. The minimum absolute atomic E-state index is 0.465. The molecule has 0 radical (unpaired) electrons. The van der Waals surface area contributed by atoms with Crippen LogP contribution in [0.4, 0.5) is 5.69 Å². The molecule has 1 aromatic carbocycles. The average Bonchev–Trinajstić information content (AvgIpc) is 2.54. The summed E-state index contributed by atoms with van der Waals surface area (Å²) in [6, 6.07) is 4.57. The number of fused-ring (bicyclic) bond motifs is 1. The van der Waals surface area contributed by atoms with E-state index in [1.54, 1.807) is 0 Å². The molecular weight excluding hydrogens is 198 g/mol. The number of aryl methyl sites for hydroxylation is 2. The van der Waals surface area contributed by atoms with Crippen LogP contribution in [0.3, 0.4) is 0 Å². The monoisotopic (exact) mass is 217 g/mol. The van der Waals surface area contributed by atoms with Crippen molar-refractivity contribution in [2.45, 2.75) is 40.2 Å². The van der Waals surface area contributed by atoms with E-state index in [4.69, 9.17) is 5.73 Å². The molecule has 2 aromatic rings. The van der Waals surface area contributed by atoms with Crippen molar-refractivity contribution < 1.29 is 0 Å². The summed E-state index contributed by atoms with van der Waals surface area (Å²) in [7, 11) is 0. The molecule has 0 aliphatic heterocycles. The molecule has 3 nitrogen and oxygen atoms in total. The van der Waals surface area contributed by atoms with Crippen molar-refractivity contribution in [1.29, 1.82) is 0 Å². The molecule has 86 valence electrons. The lowest BCUT2D eigenvalue weighted by Crippen LogP contribution is -2.05. The quantitative estimate of drug-likeness (QED) is 0.785. The molecule has 0 saturated carbocycles. The first-order chi connectivity index (χ1) is 7.54. The smallest absolute Gasteiger partial charge is 0.106 e. The lowest BCUT2D eigenvalue weighted by Gasteiger charge is -2.14. The van der Waals surface area contributed by atoms with Gasteiger partial charge in [-0.1, -0.05) is 6.92 Å². The molecular formula is C13H19N3. The van der Waals surface area contributed by atoms with Crippen molar-refractivity contribution in [3.05, 3.63) is 23.5 Å². The van der Waals surface area contributed by atoms with Gasteiger partial charge in [0.2, 0.25) is 0 Å².